The molecule has 0 unspecified atom stereocenters. The Hall–Kier alpha value is -3.85. The van der Waals surface area contributed by atoms with Gasteiger partial charge in [0.15, 0.2) is 0 Å². The fourth-order valence-electron chi connectivity index (χ4n) is 5.16. The zero-order valence-electron chi connectivity index (χ0n) is 24.0. The molecule has 0 aliphatic heterocycles. The smallest absolute Gasteiger partial charge is 0.264 e. The Morgan fingerprint density at radius 2 is 1.63 bits per heavy atom. The number of amides is 2. The number of sulfonamides is 1. The second-order valence-corrected chi connectivity index (χ2v) is 12.4. The predicted octanol–water partition coefficient (Wildman–Crippen LogP) is 5.07. The number of benzene rings is 3. The fourth-order valence-corrected chi connectivity index (χ4v) is 6.57. The van der Waals surface area contributed by atoms with Gasteiger partial charge >= 0.3 is 0 Å². The zero-order chi connectivity index (χ0) is 29.4. The van der Waals surface area contributed by atoms with Crippen molar-refractivity contribution >= 4 is 27.5 Å². The molecule has 41 heavy (non-hydrogen) atoms. The molecule has 3 aromatic carbocycles. The van der Waals surface area contributed by atoms with Crippen LogP contribution in [0.15, 0.2) is 83.8 Å². The number of methoxy groups -OCH3 is 1. The minimum atomic E-state index is -4.13. The first-order valence-electron chi connectivity index (χ1n) is 14.1. The van der Waals surface area contributed by atoms with Crippen LogP contribution in [0.25, 0.3) is 0 Å². The van der Waals surface area contributed by atoms with Crippen molar-refractivity contribution in [2.24, 2.45) is 0 Å². The third-order valence-electron chi connectivity index (χ3n) is 7.52. The largest absolute Gasteiger partial charge is 0.497 e. The quantitative estimate of drug-likeness (QED) is 0.344. The van der Waals surface area contributed by atoms with Gasteiger partial charge in [0.25, 0.3) is 10.0 Å². The van der Waals surface area contributed by atoms with Crippen LogP contribution in [-0.2, 0) is 26.2 Å². The van der Waals surface area contributed by atoms with Gasteiger partial charge in [-0.25, -0.2) is 8.42 Å². The van der Waals surface area contributed by atoms with Gasteiger partial charge in [-0.1, -0.05) is 67.3 Å². The van der Waals surface area contributed by atoms with Crippen molar-refractivity contribution in [3.05, 3.63) is 90.0 Å². The number of ether oxygens (including phenoxy) is 1. The minimum absolute atomic E-state index is 0.0308. The number of rotatable bonds is 11. The highest BCUT2D eigenvalue weighted by Gasteiger charge is 2.33. The van der Waals surface area contributed by atoms with Crippen LogP contribution in [0.2, 0.25) is 0 Å². The van der Waals surface area contributed by atoms with Crippen LogP contribution in [0.5, 0.6) is 5.75 Å². The summed E-state index contributed by atoms with van der Waals surface area (Å²) in [6, 6.07) is 21.6. The second-order valence-electron chi connectivity index (χ2n) is 10.6. The molecule has 9 heteroatoms. The number of nitrogens with zero attached hydrogens (tertiary/aromatic N) is 2. The summed E-state index contributed by atoms with van der Waals surface area (Å²) in [5.74, 6) is -0.186. The van der Waals surface area contributed by atoms with E-state index in [2.05, 4.69) is 5.32 Å². The van der Waals surface area contributed by atoms with Crippen molar-refractivity contribution in [2.45, 2.75) is 69.5 Å². The number of hydrogen-bond acceptors (Lipinski definition) is 5. The van der Waals surface area contributed by atoms with E-state index in [1.165, 1.54) is 24.1 Å². The molecule has 1 saturated carbocycles. The maximum atomic E-state index is 14.1. The molecule has 1 fully saturated rings. The number of carbonyl (C=O) groups is 2. The van der Waals surface area contributed by atoms with Crippen LogP contribution in [-0.4, -0.2) is 50.9 Å². The highest BCUT2D eigenvalue weighted by Crippen LogP contribution is 2.26. The van der Waals surface area contributed by atoms with E-state index in [0.29, 0.717) is 11.4 Å². The van der Waals surface area contributed by atoms with E-state index in [-0.39, 0.29) is 23.4 Å². The molecular weight excluding hydrogens is 538 g/mol. The molecule has 1 aliphatic carbocycles. The topological polar surface area (TPSA) is 96.0 Å². The molecule has 0 aromatic heterocycles. The number of para-hydroxylation sites is 1. The number of anilines is 1. The number of carbonyl (C=O) groups excluding carboxylic acids is 2. The van der Waals surface area contributed by atoms with E-state index in [9.17, 15) is 18.0 Å². The maximum Gasteiger partial charge on any atom is 0.264 e. The summed E-state index contributed by atoms with van der Waals surface area (Å²) in [6.07, 6.45) is 5.15. The Morgan fingerprint density at radius 3 is 2.27 bits per heavy atom. The average Bonchev–Trinajstić information content (AvgIpc) is 2.99. The summed E-state index contributed by atoms with van der Waals surface area (Å²) in [4.78, 5) is 29.0. The van der Waals surface area contributed by atoms with Crippen molar-refractivity contribution in [2.75, 3.05) is 18.0 Å². The van der Waals surface area contributed by atoms with Crippen molar-refractivity contribution in [1.29, 1.82) is 0 Å². The molecule has 0 saturated heterocycles. The highest BCUT2D eigenvalue weighted by molar-refractivity contribution is 7.92. The number of hydrogen-bond donors (Lipinski definition) is 1. The lowest BCUT2D eigenvalue weighted by Crippen LogP contribution is -2.53. The van der Waals surface area contributed by atoms with E-state index in [0.717, 1.165) is 47.5 Å². The van der Waals surface area contributed by atoms with Crippen molar-refractivity contribution in [3.63, 3.8) is 0 Å². The monoisotopic (exact) mass is 577 g/mol. The van der Waals surface area contributed by atoms with Gasteiger partial charge in [-0.2, -0.15) is 0 Å². The molecule has 218 valence electrons. The van der Waals surface area contributed by atoms with Crippen molar-refractivity contribution < 1.29 is 22.7 Å². The molecule has 0 bridgehead atoms. The van der Waals surface area contributed by atoms with Crippen LogP contribution in [0.1, 0.15) is 50.2 Å². The second kappa shape index (κ2) is 13.7. The third kappa shape index (κ3) is 7.67. The number of nitrogens with one attached hydrogen (secondary N) is 1. The lowest BCUT2D eigenvalue weighted by Gasteiger charge is -2.33. The molecule has 3 aromatic rings. The SMILES string of the molecule is COc1ccc(S(=O)(=O)N(CC(=O)N(Cc2cccc(C)c2)[C@@H](C)C(=O)NC2CCCCC2)c2ccccc2)cc1. The van der Waals surface area contributed by atoms with Crippen molar-refractivity contribution in [1.82, 2.24) is 10.2 Å². The first kappa shape index (κ1) is 30.1. The molecule has 0 radical (unpaired) electrons. The van der Waals surface area contributed by atoms with Gasteiger partial charge in [-0.05, 0) is 68.7 Å². The molecule has 0 heterocycles. The van der Waals surface area contributed by atoms with Gasteiger partial charge < -0.3 is 15.0 Å². The summed E-state index contributed by atoms with van der Waals surface area (Å²) >= 11 is 0. The Labute approximate surface area is 243 Å². The summed E-state index contributed by atoms with van der Waals surface area (Å²) < 4.78 is 34.1. The first-order valence-corrected chi connectivity index (χ1v) is 15.5. The van der Waals surface area contributed by atoms with E-state index < -0.39 is 28.5 Å². The van der Waals surface area contributed by atoms with Gasteiger partial charge in [0, 0.05) is 12.6 Å². The molecular formula is C32H39N3O5S. The molecule has 2 amide bonds. The maximum absolute atomic E-state index is 14.1. The lowest BCUT2D eigenvalue weighted by molar-refractivity contribution is -0.139. The summed E-state index contributed by atoms with van der Waals surface area (Å²) in [5.41, 5.74) is 2.24. The van der Waals surface area contributed by atoms with Crippen LogP contribution < -0.4 is 14.4 Å². The van der Waals surface area contributed by atoms with Crippen LogP contribution in [0.3, 0.4) is 0 Å². The lowest BCUT2D eigenvalue weighted by atomic mass is 9.95. The van der Waals surface area contributed by atoms with E-state index in [1.54, 1.807) is 49.4 Å². The minimum Gasteiger partial charge on any atom is -0.497 e. The van der Waals surface area contributed by atoms with Gasteiger partial charge in [0.1, 0.15) is 18.3 Å². The summed E-state index contributed by atoms with van der Waals surface area (Å²) in [6.45, 7) is 3.38. The van der Waals surface area contributed by atoms with Crippen LogP contribution in [0.4, 0.5) is 5.69 Å². The van der Waals surface area contributed by atoms with Gasteiger partial charge in [-0.15, -0.1) is 0 Å². The summed E-state index contributed by atoms with van der Waals surface area (Å²) in [7, 11) is -2.62. The summed E-state index contributed by atoms with van der Waals surface area (Å²) in [5, 5.41) is 3.13. The molecule has 1 atom stereocenters. The van der Waals surface area contributed by atoms with Gasteiger partial charge in [-0.3, -0.25) is 13.9 Å². The molecule has 0 spiro atoms. The molecule has 8 nitrogen and oxygen atoms in total. The normalized spacial score (nSPS) is 14.6. The van der Waals surface area contributed by atoms with Gasteiger partial charge in [0.05, 0.1) is 17.7 Å². The van der Waals surface area contributed by atoms with E-state index in [1.807, 2.05) is 31.2 Å². The fraction of sp³-hybridized carbons (Fsp3) is 0.375. The van der Waals surface area contributed by atoms with Crippen LogP contribution in [0, 0.1) is 6.92 Å². The zero-order valence-corrected chi connectivity index (χ0v) is 24.8. The Bertz CT molecular complexity index is 1420. The molecule has 1 aliphatic rings. The number of aryl methyl sites for hydroxylation is 1. The Balaban J connectivity index is 1.65. The average molecular weight is 578 g/mol. The van der Waals surface area contributed by atoms with E-state index in [4.69, 9.17) is 4.74 Å². The standard InChI is InChI=1S/C32H39N3O5S/c1-24-11-10-12-26(21-24)22-34(25(2)32(37)33-27-13-6-4-7-14-27)31(36)23-35(28-15-8-5-9-16-28)41(38,39)30-19-17-29(40-3)18-20-30/h5,8-12,15-21,25,27H,4,6-7,13-14,22-23H2,1-3H3,(H,33,37)/t25-/m0/s1. The molecule has 1 N–H and O–H groups in total. The molecule has 4 rings (SSSR count). The van der Waals surface area contributed by atoms with Crippen LogP contribution >= 0.6 is 0 Å². The predicted molar refractivity (Wildman–Crippen MR) is 160 cm³/mol. The first-order chi connectivity index (χ1) is 19.7. The Kier molecular flexibility index (Phi) is 10.0. The van der Waals surface area contributed by atoms with Crippen molar-refractivity contribution in [3.8, 4) is 5.75 Å². The highest BCUT2D eigenvalue weighted by atomic mass is 32.2. The Morgan fingerprint density at radius 1 is 0.951 bits per heavy atom. The van der Waals surface area contributed by atoms with Gasteiger partial charge in [0.2, 0.25) is 11.8 Å². The third-order valence-corrected chi connectivity index (χ3v) is 9.31. The van der Waals surface area contributed by atoms with E-state index >= 15 is 0 Å².